The van der Waals surface area contributed by atoms with Crippen molar-refractivity contribution in [2.24, 2.45) is 17.8 Å². The Labute approximate surface area is 216 Å². The van der Waals surface area contributed by atoms with Gasteiger partial charge in [0.1, 0.15) is 5.75 Å². The Hall–Kier alpha value is -3.58. The molecule has 1 aliphatic heterocycles. The van der Waals surface area contributed by atoms with Crippen LogP contribution in [0.2, 0.25) is 0 Å². The van der Waals surface area contributed by atoms with Crippen molar-refractivity contribution in [3.63, 3.8) is 0 Å². The summed E-state index contributed by atoms with van der Waals surface area (Å²) in [5, 5.41) is 9.85. The first-order chi connectivity index (χ1) is 17.3. The molecular formula is C29H22BrNO5. The van der Waals surface area contributed by atoms with Gasteiger partial charge in [0.25, 0.3) is 0 Å². The van der Waals surface area contributed by atoms with E-state index in [0.717, 1.165) is 15.6 Å². The summed E-state index contributed by atoms with van der Waals surface area (Å²) in [6.45, 7) is 1.64. The molecule has 0 unspecified atom stereocenters. The SMILES string of the molecule is CC1=CC(=O)C2=C(C1=O)[C@@H](c1ccc(O)cc1)C1=CC[C@@H]3C(=O)N(c4ccc(Br)cc4)C(=O)[C@@H]3[C@@H]1C2. The molecule has 0 aromatic heterocycles. The van der Waals surface area contributed by atoms with E-state index in [1.165, 1.54) is 11.0 Å². The molecule has 2 amide bonds. The van der Waals surface area contributed by atoms with E-state index in [-0.39, 0.29) is 41.5 Å². The third-order valence-corrected chi connectivity index (χ3v) is 8.40. The molecule has 7 heteroatoms. The highest BCUT2D eigenvalue weighted by Crippen LogP contribution is 2.55. The molecule has 180 valence electrons. The van der Waals surface area contributed by atoms with E-state index in [9.17, 15) is 24.3 Å². The van der Waals surface area contributed by atoms with Gasteiger partial charge < -0.3 is 5.11 Å². The highest BCUT2D eigenvalue weighted by Gasteiger charge is 2.56. The van der Waals surface area contributed by atoms with Gasteiger partial charge in [-0.25, -0.2) is 0 Å². The summed E-state index contributed by atoms with van der Waals surface area (Å²) in [4.78, 5) is 55.0. The molecule has 0 radical (unpaired) electrons. The summed E-state index contributed by atoms with van der Waals surface area (Å²) in [5.41, 5.74) is 3.46. The normalized spacial score (nSPS) is 27.4. The number of amides is 2. The number of carbonyl (C=O) groups is 4. The lowest BCUT2D eigenvalue weighted by Crippen LogP contribution is -2.39. The molecule has 6 nitrogen and oxygen atoms in total. The Balaban J connectivity index is 1.48. The van der Waals surface area contributed by atoms with Crippen LogP contribution in [-0.2, 0) is 19.2 Å². The van der Waals surface area contributed by atoms with E-state index in [1.54, 1.807) is 55.5 Å². The Morgan fingerprint density at radius 3 is 2.31 bits per heavy atom. The van der Waals surface area contributed by atoms with Gasteiger partial charge in [-0.05, 0) is 73.7 Å². The molecule has 1 fully saturated rings. The monoisotopic (exact) mass is 543 g/mol. The second-order valence-electron chi connectivity index (χ2n) is 9.81. The fourth-order valence-electron chi connectivity index (χ4n) is 6.25. The van der Waals surface area contributed by atoms with E-state index < -0.39 is 17.8 Å². The molecule has 0 spiro atoms. The maximum atomic E-state index is 13.8. The van der Waals surface area contributed by atoms with Gasteiger partial charge in [0.2, 0.25) is 11.8 Å². The molecule has 0 saturated carbocycles. The number of carbonyl (C=O) groups excluding carboxylic acids is 4. The van der Waals surface area contributed by atoms with Gasteiger partial charge in [-0.15, -0.1) is 0 Å². The third-order valence-electron chi connectivity index (χ3n) is 7.88. The van der Waals surface area contributed by atoms with Gasteiger partial charge >= 0.3 is 0 Å². The summed E-state index contributed by atoms with van der Waals surface area (Å²) in [6.07, 6.45) is 4.01. The van der Waals surface area contributed by atoms with Crippen molar-refractivity contribution in [1.82, 2.24) is 0 Å². The average molecular weight is 544 g/mol. The van der Waals surface area contributed by atoms with Crippen molar-refractivity contribution in [3.05, 3.63) is 93.0 Å². The number of anilines is 1. The molecule has 36 heavy (non-hydrogen) atoms. The number of fused-ring (bicyclic) bond motifs is 3. The lowest BCUT2D eigenvalue weighted by Gasteiger charge is -2.42. The number of allylic oxidation sites excluding steroid dienone is 6. The number of hydrogen-bond donors (Lipinski definition) is 1. The predicted molar refractivity (Wildman–Crippen MR) is 136 cm³/mol. The Bertz CT molecular complexity index is 1450. The number of rotatable bonds is 2. The summed E-state index contributed by atoms with van der Waals surface area (Å²) in [6, 6.07) is 13.7. The van der Waals surface area contributed by atoms with Gasteiger partial charge in [0, 0.05) is 27.1 Å². The standard InChI is InChI=1S/C29H22BrNO5/c1-14-12-23(33)22-13-21-19(24(26(22)27(14)34)15-2-8-18(32)9-3-15)10-11-20-25(21)29(36)31(28(20)35)17-6-4-16(30)5-7-17/h2-10,12,20-21,24-25,32H,11,13H2,1H3/t20-,21+,24-,25-/m0/s1. The van der Waals surface area contributed by atoms with Crippen molar-refractivity contribution in [1.29, 1.82) is 0 Å². The van der Waals surface area contributed by atoms with Crippen molar-refractivity contribution in [2.75, 3.05) is 4.90 Å². The topological polar surface area (TPSA) is 91.8 Å². The average Bonchev–Trinajstić information content (AvgIpc) is 3.12. The van der Waals surface area contributed by atoms with Gasteiger partial charge in [-0.1, -0.05) is 39.7 Å². The minimum atomic E-state index is -0.607. The maximum absolute atomic E-state index is 13.8. The van der Waals surface area contributed by atoms with Crippen LogP contribution in [0.1, 0.15) is 31.2 Å². The highest BCUT2D eigenvalue weighted by molar-refractivity contribution is 9.10. The van der Waals surface area contributed by atoms with Crippen LogP contribution in [0.5, 0.6) is 5.75 Å². The van der Waals surface area contributed by atoms with Crippen LogP contribution < -0.4 is 4.90 Å². The number of ketones is 2. The zero-order valence-corrected chi connectivity index (χ0v) is 21.0. The van der Waals surface area contributed by atoms with Crippen molar-refractivity contribution >= 4 is 45.0 Å². The summed E-state index contributed by atoms with van der Waals surface area (Å²) < 4.78 is 0.846. The van der Waals surface area contributed by atoms with Crippen molar-refractivity contribution in [2.45, 2.75) is 25.7 Å². The number of phenols is 1. The molecule has 1 saturated heterocycles. The molecule has 1 N–H and O–H groups in total. The number of Topliss-reactive ketones (excluding diaryl/α,β-unsaturated/α-hetero) is 1. The van der Waals surface area contributed by atoms with Gasteiger partial charge in [0.15, 0.2) is 11.6 Å². The molecule has 6 rings (SSSR count). The van der Waals surface area contributed by atoms with E-state index in [2.05, 4.69) is 15.9 Å². The number of hydrogen-bond acceptors (Lipinski definition) is 5. The highest BCUT2D eigenvalue weighted by atomic mass is 79.9. The zero-order chi connectivity index (χ0) is 25.3. The number of benzene rings is 2. The van der Waals surface area contributed by atoms with Crippen LogP contribution in [0.4, 0.5) is 5.69 Å². The lowest BCUT2D eigenvalue weighted by atomic mass is 9.59. The second kappa shape index (κ2) is 8.23. The Morgan fingerprint density at radius 1 is 0.917 bits per heavy atom. The Morgan fingerprint density at radius 2 is 1.61 bits per heavy atom. The predicted octanol–water partition coefficient (Wildman–Crippen LogP) is 4.79. The van der Waals surface area contributed by atoms with Gasteiger partial charge in [0.05, 0.1) is 17.5 Å². The minimum Gasteiger partial charge on any atom is -0.508 e. The van der Waals surface area contributed by atoms with Gasteiger partial charge in [-0.3, -0.25) is 24.1 Å². The van der Waals surface area contributed by atoms with Crippen LogP contribution in [-0.4, -0.2) is 28.5 Å². The molecule has 2 aromatic rings. The first kappa shape index (κ1) is 22.9. The molecule has 4 atom stereocenters. The van der Waals surface area contributed by atoms with Crippen LogP contribution in [0.15, 0.2) is 87.4 Å². The fourth-order valence-corrected chi connectivity index (χ4v) is 6.52. The molecule has 0 bridgehead atoms. The fraction of sp³-hybridized carbons (Fsp3) is 0.241. The van der Waals surface area contributed by atoms with E-state index >= 15 is 0 Å². The molecule has 1 heterocycles. The minimum absolute atomic E-state index is 0.0989. The van der Waals surface area contributed by atoms with Crippen LogP contribution in [0, 0.1) is 17.8 Å². The zero-order valence-electron chi connectivity index (χ0n) is 19.4. The van der Waals surface area contributed by atoms with Crippen LogP contribution in [0.25, 0.3) is 0 Å². The number of nitrogens with zero attached hydrogens (tertiary/aromatic N) is 1. The summed E-state index contributed by atoms with van der Waals surface area (Å²) in [7, 11) is 0. The summed E-state index contributed by atoms with van der Waals surface area (Å²) in [5.74, 6) is -2.78. The molecular weight excluding hydrogens is 522 g/mol. The number of phenolic OH excluding ortho intramolecular Hbond substituents is 1. The third kappa shape index (κ3) is 3.29. The molecule has 2 aromatic carbocycles. The first-order valence-electron chi connectivity index (χ1n) is 11.9. The number of halogens is 1. The molecule has 3 aliphatic carbocycles. The van der Waals surface area contributed by atoms with Crippen LogP contribution >= 0.6 is 15.9 Å². The van der Waals surface area contributed by atoms with Crippen molar-refractivity contribution in [3.8, 4) is 5.75 Å². The second-order valence-corrected chi connectivity index (χ2v) is 10.7. The largest absolute Gasteiger partial charge is 0.508 e. The van der Waals surface area contributed by atoms with Gasteiger partial charge in [-0.2, -0.15) is 0 Å². The first-order valence-corrected chi connectivity index (χ1v) is 12.7. The Kier molecular flexibility index (Phi) is 5.23. The van der Waals surface area contributed by atoms with Crippen LogP contribution in [0.3, 0.4) is 0 Å². The number of aromatic hydroxyl groups is 1. The number of imide groups is 1. The molecule has 4 aliphatic rings. The smallest absolute Gasteiger partial charge is 0.238 e. The van der Waals surface area contributed by atoms with E-state index in [1.807, 2.05) is 6.08 Å². The van der Waals surface area contributed by atoms with Crippen molar-refractivity contribution < 1.29 is 24.3 Å². The maximum Gasteiger partial charge on any atom is 0.238 e. The quantitative estimate of drug-likeness (QED) is 0.334. The van der Waals surface area contributed by atoms with E-state index in [0.29, 0.717) is 28.8 Å². The summed E-state index contributed by atoms with van der Waals surface area (Å²) >= 11 is 3.39. The lowest BCUT2D eigenvalue weighted by molar-refractivity contribution is -0.123. The van der Waals surface area contributed by atoms with E-state index in [4.69, 9.17) is 0 Å².